The van der Waals surface area contributed by atoms with E-state index >= 15 is 0 Å². The number of nitrogens with zero attached hydrogens (tertiary/aromatic N) is 1. The molecular formula is C15H28N2O2. The summed E-state index contributed by atoms with van der Waals surface area (Å²) in [6, 6.07) is 2.65. The van der Waals surface area contributed by atoms with Gasteiger partial charge in [0.1, 0.15) is 11.5 Å². The lowest BCUT2D eigenvalue weighted by molar-refractivity contribution is 0.119. The molecule has 1 rings (SSSR count). The molecule has 1 aromatic rings. The molecule has 4 nitrogen and oxygen atoms in total. The lowest BCUT2D eigenvalue weighted by Gasteiger charge is -2.24. The van der Waals surface area contributed by atoms with Gasteiger partial charge in [-0.05, 0) is 33.4 Å². The van der Waals surface area contributed by atoms with Crippen molar-refractivity contribution in [2.24, 2.45) is 0 Å². The molecule has 0 unspecified atom stereocenters. The van der Waals surface area contributed by atoms with Crippen LogP contribution in [0.4, 0.5) is 0 Å². The van der Waals surface area contributed by atoms with Gasteiger partial charge in [0.2, 0.25) is 0 Å². The highest BCUT2D eigenvalue weighted by Gasteiger charge is 2.14. The van der Waals surface area contributed by atoms with E-state index < -0.39 is 0 Å². The Morgan fingerprint density at radius 1 is 1.42 bits per heavy atom. The molecule has 0 fully saturated rings. The van der Waals surface area contributed by atoms with Crippen molar-refractivity contribution in [3.63, 3.8) is 0 Å². The van der Waals surface area contributed by atoms with Crippen LogP contribution >= 0.6 is 0 Å². The zero-order chi connectivity index (χ0) is 14.3. The molecule has 0 spiro atoms. The smallest absolute Gasteiger partial charge is 0.118 e. The van der Waals surface area contributed by atoms with Crippen molar-refractivity contribution >= 4 is 0 Å². The van der Waals surface area contributed by atoms with E-state index in [1.165, 1.54) is 5.56 Å². The molecule has 1 N–H and O–H groups in total. The van der Waals surface area contributed by atoms with Crippen LogP contribution in [-0.4, -0.2) is 37.7 Å². The summed E-state index contributed by atoms with van der Waals surface area (Å²) in [5.74, 6) is 2.06. The third-order valence-electron chi connectivity index (χ3n) is 3.31. The van der Waals surface area contributed by atoms with Gasteiger partial charge in [0.25, 0.3) is 0 Å². The van der Waals surface area contributed by atoms with Gasteiger partial charge < -0.3 is 14.5 Å². The minimum Gasteiger partial charge on any atom is -0.465 e. The van der Waals surface area contributed by atoms with E-state index in [1.807, 2.05) is 6.92 Å². The SMILES string of the molecule is CCNCc1cc(CN(CCOC)C(C)C)oc1C. The molecule has 1 heterocycles. The molecular weight excluding hydrogens is 240 g/mol. The van der Waals surface area contributed by atoms with E-state index in [9.17, 15) is 0 Å². The Hall–Kier alpha value is -0.840. The molecule has 0 atom stereocenters. The van der Waals surface area contributed by atoms with Crippen LogP contribution in [0, 0.1) is 6.92 Å². The summed E-state index contributed by atoms with van der Waals surface area (Å²) >= 11 is 0. The lowest BCUT2D eigenvalue weighted by atomic mass is 10.2. The monoisotopic (exact) mass is 268 g/mol. The average molecular weight is 268 g/mol. The number of hydrogen-bond acceptors (Lipinski definition) is 4. The van der Waals surface area contributed by atoms with E-state index in [0.717, 1.165) is 44.3 Å². The van der Waals surface area contributed by atoms with E-state index in [4.69, 9.17) is 9.15 Å². The number of rotatable bonds is 9. The first-order chi connectivity index (χ1) is 9.08. The second-order valence-corrected chi connectivity index (χ2v) is 5.13. The van der Waals surface area contributed by atoms with Crippen LogP contribution in [0.25, 0.3) is 0 Å². The third-order valence-corrected chi connectivity index (χ3v) is 3.31. The molecule has 0 aromatic carbocycles. The molecule has 0 aliphatic carbocycles. The number of aryl methyl sites for hydroxylation is 1. The number of nitrogens with one attached hydrogen (secondary N) is 1. The first kappa shape index (κ1) is 16.2. The Morgan fingerprint density at radius 2 is 2.16 bits per heavy atom. The average Bonchev–Trinajstić information content (AvgIpc) is 2.72. The van der Waals surface area contributed by atoms with Crippen LogP contribution in [0.15, 0.2) is 10.5 Å². The number of furan rings is 1. The van der Waals surface area contributed by atoms with Gasteiger partial charge in [-0.1, -0.05) is 6.92 Å². The highest BCUT2D eigenvalue weighted by molar-refractivity contribution is 5.20. The second kappa shape index (κ2) is 8.35. The molecule has 110 valence electrons. The van der Waals surface area contributed by atoms with Crippen molar-refractivity contribution < 1.29 is 9.15 Å². The molecule has 1 aromatic heterocycles. The summed E-state index contributed by atoms with van der Waals surface area (Å²) in [6.07, 6.45) is 0. The van der Waals surface area contributed by atoms with Crippen molar-refractivity contribution in [3.05, 3.63) is 23.2 Å². The first-order valence-electron chi connectivity index (χ1n) is 7.10. The Morgan fingerprint density at radius 3 is 2.74 bits per heavy atom. The number of methoxy groups -OCH3 is 1. The normalized spacial score (nSPS) is 11.7. The summed E-state index contributed by atoms with van der Waals surface area (Å²) in [5.41, 5.74) is 1.26. The van der Waals surface area contributed by atoms with Gasteiger partial charge in [-0.2, -0.15) is 0 Å². The van der Waals surface area contributed by atoms with Gasteiger partial charge in [-0.25, -0.2) is 0 Å². The van der Waals surface area contributed by atoms with Gasteiger partial charge in [-0.3, -0.25) is 4.90 Å². The fourth-order valence-corrected chi connectivity index (χ4v) is 2.03. The maximum Gasteiger partial charge on any atom is 0.118 e. The molecule has 0 saturated carbocycles. The lowest BCUT2D eigenvalue weighted by Crippen LogP contribution is -2.33. The molecule has 0 radical (unpaired) electrons. The fraction of sp³-hybridized carbons (Fsp3) is 0.733. The summed E-state index contributed by atoms with van der Waals surface area (Å²) in [7, 11) is 1.74. The first-order valence-corrected chi connectivity index (χ1v) is 7.10. The van der Waals surface area contributed by atoms with Crippen LogP contribution in [0.1, 0.15) is 37.9 Å². The van der Waals surface area contributed by atoms with Crippen molar-refractivity contribution in [2.75, 3.05) is 26.8 Å². The van der Waals surface area contributed by atoms with E-state index in [0.29, 0.717) is 6.04 Å². The van der Waals surface area contributed by atoms with Crippen LogP contribution in [-0.2, 0) is 17.8 Å². The minimum absolute atomic E-state index is 0.484. The Balaban J connectivity index is 2.63. The highest BCUT2D eigenvalue weighted by Crippen LogP contribution is 2.17. The standard InChI is InChI=1S/C15H28N2O2/c1-6-16-10-14-9-15(19-13(14)4)11-17(12(2)3)7-8-18-5/h9,12,16H,6-8,10-11H2,1-5H3. The maximum absolute atomic E-state index is 5.85. The number of ether oxygens (including phenoxy) is 1. The van der Waals surface area contributed by atoms with Crippen LogP contribution in [0.5, 0.6) is 0 Å². The van der Waals surface area contributed by atoms with E-state index in [-0.39, 0.29) is 0 Å². The van der Waals surface area contributed by atoms with Crippen LogP contribution in [0.3, 0.4) is 0 Å². The Bertz CT molecular complexity index is 361. The summed E-state index contributed by atoms with van der Waals surface area (Å²) < 4.78 is 11.0. The highest BCUT2D eigenvalue weighted by atomic mass is 16.5. The van der Waals surface area contributed by atoms with Crippen molar-refractivity contribution in [2.45, 2.75) is 46.8 Å². The quantitative estimate of drug-likeness (QED) is 0.747. The zero-order valence-corrected chi connectivity index (χ0v) is 13.0. The van der Waals surface area contributed by atoms with Gasteiger partial charge in [0.15, 0.2) is 0 Å². The molecule has 0 bridgehead atoms. The fourth-order valence-electron chi connectivity index (χ4n) is 2.03. The summed E-state index contributed by atoms with van der Waals surface area (Å²) in [5, 5.41) is 3.34. The summed E-state index contributed by atoms with van der Waals surface area (Å²) in [4.78, 5) is 2.36. The van der Waals surface area contributed by atoms with Crippen LogP contribution in [0.2, 0.25) is 0 Å². The number of hydrogen-bond donors (Lipinski definition) is 1. The van der Waals surface area contributed by atoms with Crippen molar-refractivity contribution in [1.29, 1.82) is 0 Å². The molecule has 0 amide bonds. The maximum atomic E-state index is 5.85. The molecule has 0 saturated heterocycles. The molecule has 0 aliphatic rings. The van der Waals surface area contributed by atoms with Gasteiger partial charge >= 0.3 is 0 Å². The molecule has 4 heteroatoms. The second-order valence-electron chi connectivity index (χ2n) is 5.13. The largest absolute Gasteiger partial charge is 0.465 e. The van der Waals surface area contributed by atoms with Gasteiger partial charge in [0.05, 0.1) is 13.2 Å². The summed E-state index contributed by atoms with van der Waals surface area (Å²) in [6.45, 7) is 12.9. The van der Waals surface area contributed by atoms with Crippen molar-refractivity contribution in [1.82, 2.24) is 10.2 Å². The Labute approximate surface area is 117 Å². The third kappa shape index (κ3) is 5.35. The van der Waals surface area contributed by atoms with E-state index in [1.54, 1.807) is 7.11 Å². The Kier molecular flexibility index (Phi) is 7.13. The minimum atomic E-state index is 0.484. The topological polar surface area (TPSA) is 37.6 Å². The van der Waals surface area contributed by atoms with Gasteiger partial charge in [-0.15, -0.1) is 0 Å². The van der Waals surface area contributed by atoms with Gasteiger partial charge in [0, 0.05) is 31.8 Å². The van der Waals surface area contributed by atoms with Crippen LogP contribution < -0.4 is 5.32 Å². The van der Waals surface area contributed by atoms with Crippen molar-refractivity contribution in [3.8, 4) is 0 Å². The zero-order valence-electron chi connectivity index (χ0n) is 13.0. The molecule has 19 heavy (non-hydrogen) atoms. The molecule has 0 aliphatic heterocycles. The van der Waals surface area contributed by atoms with E-state index in [2.05, 4.69) is 37.1 Å². The predicted octanol–water partition coefficient (Wildman–Crippen LogP) is 2.55. The predicted molar refractivity (Wildman–Crippen MR) is 78.2 cm³/mol.